The summed E-state index contributed by atoms with van der Waals surface area (Å²) in [4.78, 5) is 11.7. The van der Waals surface area contributed by atoms with Gasteiger partial charge < -0.3 is 9.47 Å². The van der Waals surface area contributed by atoms with Crippen LogP contribution in [0, 0.1) is 0 Å². The van der Waals surface area contributed by atoms with Crippen LogP contribution in [0.25, 0.3) is 0 Å². The van der Waals surface area contributed by atoms with Crippen LogP contribution < -0.4 is 0 Å². The number of carbonyl (C=O) groups excluding carboxylic acids is 1. The van der Waals surface area contributed by atoms with Crippen LogP contribution in [0.5, 0.6) is 0 Å². The van der Waals surface area contributed by atoms with Gasteiger partial charge in [0.25, 0.3) is 0 Å². The molecule has 0 fully saturated rings. The molecule has 0 atom stereocenters. The third-order valence-electron chi connectivity index (χ3n) is 2.97. The molecule has 3 nitrogen and oxygen atoms in total. The number of alkyl halides is 3. The van der Waals surface area contributed by atoms with Crippen molar-refractivity contribution in [1.29, 1.82) is 0 Å². The van der Waals surface area contributed by atoms with E-state index >= 15 is 0 Å². The third kappa shape index (κ3) is 6.40. The largest absolute Gasteiger partial charge is 0.459 e. The van der Waals surface area contributed by atoms with E-state index in [2.05, 4.69) is 0 Å². The predicted molar refractivity (Wildman–Crippen MR) is 91.9 cm³/mol. The lowest BCUT2D eigenvalue weighted by Crippen LogP contribution is -2.21. The van der Waals surface area contributed by atoms with Gasteiger partial charge in [0.2, 0.25) is 3.79 Å². The van der Waals surface area contributed by atoms with Crippen molar-refractivity contribution in [2.24, 2.45) is 0 Å². The zero-order valence-corrected chi connectivity index (χ0v) is 14.4. The summed E-state index contributed by atoms with van der Waals surface area (Å²) in [5.74, 6) is -0.590. The Morgan fingerprint density at radius 2 is 1.39 bits per heavy atom. The summed E-state index contributed by atoms with van der Waals surface area (Å²) in [5.41, 5.74) is 1.88. The molecule has 0 spiro atoms. The van der Waals surface area contributed by atoms with E-state index in [-0.39, 0.29) is 19.3 Å². The summed E-state index contributed by atoms with van der Waals surface area (Å²) in [5, 5.41) is 0. The lowest BCUT2D eigenvalue weighted by molar-refractivity contribution is -0.150. The molecule has 0 amide bonds. The lowest BCUT2D eigenvalue weighted by Gasteiger charge is -2.19. The fourth-order valence-electron chi connectivity index (χ4n) is 2.00. The molecule has 0 bridgehead atoms. The van der Waals surface area contributed by atoms with Gasteiger partial charge in [0, 0.05) is 0 Å². The standard InChI is InChI=1S/C17H15Cl3O3/c18-17(19,20)12-23-15(21)11-22-16(13-7-3-1-4-8-13)14-9-5-2-6-10-14/h1-10,16H,11-12H2. The average Bonchev–Trinajstić information content (AvgIpc) is 2.54. The topological polar surface area (TPSA) is 35.5 Å². The quantitative estimate of drug-likeness (QED) is 0.543. The van der Waals surface area contributed by atoms with E-state index in [1.807, 2.05) is 60.7 Å². The van der Waals surface area contributed by atoms with Gasteiger partial charge in [-0.15, -0.1) is 0 Å². The molecule has 2 aromatic carbocycles. The summed E-state index contributed by atoms with van der Waals surface area (Å²) >= 11 is 16.6. The molecule has 0 aromatic heterocycles. The maximum absolute atomic E-state index is 11.7. The Morgan fingerprint density at radius 3 is 1.83 bits per heavy atom. The molecule has 0 saturated carbocycles. The molecule has 6 heteroatoms. The minimum Gasteiger partial charge on any atom is -0.459 e. The smallest absolute Gasteiger partial charge is 0.332 e. The van der Waals surface area contributed by atoms with Gasteiger partial charge in [-0.25, -0.2) is 4.79 Å². The Balaban J connectivity index is 2.03. The molecule has 0 N–H and O–H groups in total. The van der Waals surface area contributed by atoms with Crippen LogP contribution in [0.1, 0.15) is 17.2 Å². The van der Waals surface area contributed by atoms with Gasteiger partial charge in [-0.2, -0.15) is 0 Å². The Bertz CT molecular complexity index is 572. The van der Waals surface area contributed by atoms with Gasteiger partial charge >= 0.3 is 5.97 Å². The highest BCUT2D eigenvalue weighted by Gasteiger charge is 2.23. The van der Waals surface area contributed by atoms with Crippen molar-refractivity contribution >= 4 is 40.8 Å². The van der Waals surface area contributed by atoms with Gasteiger partial charge in [0.1, 0.15) is 19.3 Å². The fraction of sp³-hybridized carbons (Fsp3) is 0.235. The Kier molecular flexibility index (Phi) is 6.72. The van der Waals surface area contributed by atoms with Gasteiger partial charge in [-0.05, 0) is 11.1 Å². The average molecular weight is 374 g/mol. The predicted octanol–water partition coefficient (Wildman–Crippen LogP) is 4.71. The van der Waals surface area contributed by atoms with Crippen molar-refractivity contribution in [3.8, 4) is 0 Å². The number of rotatable bonds is 6. The molecular weight excluding hydrogens is 359 g/mol. The summed E-state index contributed by atoms with van der Waals surface area (Å²) in [6, 6.07) is 19.2. The number of benzene rings is 2. The second-order valence-corrected chi connectivity index (χ2v) is 7.30. The molecule has 0 aliphatic carbocycles. The molecule has 23 heavy (non-hydrogen) atoms. The monoisotopic (exact) mass is 372 g/mol. The fourth-order valence-corrected chi connectivity index (χ4v) is 2.16. The van der Waals surface area contributed by atoms with Gasteiger partial charge in [0.15, 0.2) is 0 Å². The summed E-state index contributed by atoms with van der Waals surface area (Å²) < 4.78 is 8.98. The van der Waals surface area contributed by atoms with Crippen LogP contribution in [-0.4, -0.2) is 23.0 Å². The maximum Gasteiger partial charge on any atom is 0.332 e. The zero-order chi connectivity index (χ0) is 16.7. The summed E-state index contributed by atoms with van der Waals surface area (Å²) in [6.07, 6.45) is -0.377. The van der Waals surface area contributed by atoms with Crippen LogP contribution in [0.2, 0.25) is 0 Å². The van der Waals surface area contributed by atoms with E-state index in [0.717, 1.165) is 11.1 Å². The minimum absolute atomic E-state index is 0.241. The first-order chi connectivity index (χ1) is 11.0. The highest BCUT2D eigenvalue weighted by atomic mass is 35.6. The van der Waals surface area contributed by atoms with E-state index < -0.39 is 9.76 Å². The molecule has 0 saturated heterocycles. The van der Waals surface area contributed by atoms with E-state index in [9.17, 15) is 4.79 Å². The third-order valence-corrected chi connectivity index (χ3v) is 3.30. The second kappa shape index (κ2) is 8.55. The molecule has 0 unspecified atom stereocenters. The number of ether oxygens (including phenoxy) is 2. The minimum atomic E-state index is -1.63. The normalized spacial score (nSPS) is 11.5. The molecule has 2 aromatic rings. The Morgan fingerprint density at radius 1 is 0.913 bits per heavy atom. The van der Waals surface area contributed by atoms with E-state index in [0.29, 0.717) is 0 Å². The van der Waals surface area contributed by atoms with Gasteiger partial charge in [-0.3, -0.25) is 0 Å². The van der Waals surface area contributed by atoms with Crippen LogP contribution >= 0.6 is 34.8 Å². The highest BCUT2D eigenvalue weighted by Crippen LogP contribution is 2.27. The van der Waals surface area contributed by atoms with Crippen molar-refractivity contribution in [1.82, 2.24) is 0 Å². The van der Waals surface area contributed by atoms with Crippen molar-refractivity contribution < 1.29 is 14.3 Å². The molecule has 122 valence electrons. The molecule has 0 aliphatic heterocycles. The molecular formula is C17H15Cl3O3. The summed E-state index contributed by atoms with van der Waals surface area (Å²) in [6.45, 7) is -0.559. The Hall–Kier alpha value is -1.26. The SMILES string of the molecule is O=C(COC(c1ccccc1)c1ccccc1)OCC(Cl)(Cl)Cl. The second-order valence-electron chi connectivity index (χ2n) is 4.79. The van der Waals surface area contributed by atoms with Gasteiger partial charge in [-0.1, -0.05) is 95.5 Å². The number of esters is 1. The van der Waals surface area contributed by atoms with Crippen molar-refractivity contribution in [2.45, 2.75) is 9.90 Å². The molecule has 2 rings (SSSR count). The van der Waals surface area contributed by atoms with E-state index in [1.54, 1.807) is 0 Å². The van der Waals surface area contributed by atoms with Crippen LogP contribution in [0.3, 0.4) is 0 Å². The number of halogens is 3. The molecule has 0 radical (unpaired) electrons. The lowest BCUT2D eigenvalue weighted by atomic mass is 10.0. The number of hydrogen-bond acceptors (Lipinski definition) is 3. The molecule has 0 aliphatic rings. The Labute approximate surface area is 150 Å². The maximum atomic E-state index is 11.7. The van der Waals surface area contributed by atoms with Crippen LogP contribution in [0.4, 0.5) is 0 Å². The zero-order valence-electron chi connectivity index (χ0n) is 12.1. The number of hydrogen-bond donors (Lipinski definition) is 0. The van der Waals surface area contributed by atoms with Crippen LogP contribution in [-0.2, 0) is 14.3 Å². The first-order valence-electron chi connectivity index (χ1n) is 6.89. The first-order valence-corrected chi connectivity index (χ1v) is 8.03. The van der Waals surface area contributed by atoms with Crippen molar-refractivity contribution in [3.63, 3.8) is 0 Å². The van der Waals surface area contributed by atoms with E-state index in [4.69, 9.17) is 44.3 Å². The highest BCUT2D eigenvalue weighted by molar-refractivity contribution is 6.67. The molecule has 0 heterocycles. The first kappa shape index (κ1) is 18.1. The number of carbonyl (C=O) groups is 1. The van der Waals surface area contributed by atoms with E-state index in [1.165, 1.54) is 0 Å². The van der Waals surface area contributed by atoms with Crippen LogP contribution in [0.15, 0.2) is 60.7 Å². The summed E-state index contributed by atoms with van der Waals surface area (Å²) in [7, 11) is 0. The van der Waals surface area contributed by atoms with Crippen molar-refractivity contribution in [3.05, 3.63) is 71.8 Å². The van der Waals surface area contributed by atoms with Crippen molar-refractivity contribution in [2.75, 3.05) is 13.2 Å². The van der Waals surface area contributed by atoms with Gasteiger partial charge in [0.05, 0.1) is 0 Å².